The first-order chi connectivity index (χ1) is 27.0. The highest BCUT2D eigenvalue weighted by molar-refractivity contribution is 7.26. The Labute approximate surface area is 325 Å². The standard InChI is InChI=1S/C53H37NS/c1-53(2)46-20-8-7-18-44(46)51-47(53)21-11-22-48(51)54(41-16-9-15-38(33-41)39-25-24-34-12-3-4-14-37(34)32-39)40-29-26-36(27-30-40)42-19-10-23-49-50(42)45-31-28-35-13-5-6-17-43(35)52(45)55-49/h3-33H,1-2H3. The Hall–Kier alpha value is -6.48. The molecule has 0 N–H and O–H groups in total. The number of hydrogen-bond acceptors (Lipinski definition) is 2. The maximum absolute atomic E-state index is 2.47. The fourth-order valence-electron chi connectivity index (χ4n) is 9.13. The molecule has 1 nitrogen and oxygen atoms in total. The Kier molecular flexibility index (Phi) is 7.14. The lowest BCUT2D eigenvalue weighted by molar-refractivity contribution is 0.660. The first-order valence-electron chi connectivity index (χ1n) is 19.1. The summed E-state index contributed by atoms with van der Waals surface area (Å²) < 4.78 is 2.68. The Bertz CT molecular complexity index is 3130. The van der Waals surface area contributed by atoms with E-state index in [0.29, 0.717) is 0 Å². The highest BCUT2D eigenvalue weighted by atomic mass is 32.1. The van der Waals surface area contributed by atoms with E-state index in [-0.39, 0.29) is 5.41 Å². The lowest BCUT2D eigenvalue weighted by Crippen LogP contribution is -2.16. The van der Waals surface area contributed by atoms with Crippen LogP contribution in [0.25, 0.3) is 75.1 Å². The van der Waals surface area contributed by atoms with Gasteiger partial charge in [-0.05, 0) is 103 Å². The van der Waals surface area contributed by atoms with Gasteiger partial charge >= 0.3 is 0 Å². The number of nitrogens with zero attached hydrogens (tertiary/aromatic N) is 1. The summed E-state index contributed by atoms with van der Waals surface area (Å²) >= 11 is 1.90. The molecular formula is C53H37NS. The van der Waals surface area contributed by atoms with Gasteiger partial charge < -0.3 is 4.90 Å². The summed E-state index contributed by atoms with van der Waals surface area (Å²) in [5, 5.41) is 7.77. The zero-order valence-corrected chi connectivity index (χ0v) is 31.6. The SMILES string of the molecule is CC1(C)c2ccccc2-c2c(N(c3ccc(-c4cccc5sc6c7ccccc7ccc6c45)cc3)c3cccc(-c4ccc5ccccc5c4)c3)cccc21. The van der Waals surface area contributed by atoms with E-state index in [9.17, 15) is 0 Å². The van der Waals surface area contributed by atoms with E-state index in [1.807, 2.05) is 11.3 Å². The van der Waals surface area contributed by atoms with E-state index in [1.54, 1.807) is 0 Å². The van der Waals surface area contributed by atoms with Crippen LogP contribution in [0, 0.1) is 0 Å². The highest BCUT2D eigenvalue weighted by Gasteiger charge is 2.37. The van der Waals surface area contributed by atoms with Gasteiger partial charge in [-0.15, -0.1) is 11.3 Å². The molecule has 1 heterocycles. The largest absolute Gasteiger partial charge is 0.310 e. The van der Waals surface area contributed by atoms with Crippen LogP contribution in [-0.4, -0.2) is 0 Å². The molecule has 0 fully saturated rings. The number of thiophene rings is 1. The summed E-state index contributed by atoms with van der Waals surface area (Å²) in [4.78, 5) is 2.47. The van der Waals surface area contributed by atoms with Crippen molar-refractivity contribution in [3.63, 3.8) is 0 Å². The monoisotopic (exact) mass is 719 g/mol. The normalized spacial score (nSPS) is 13.1. The summed E-state index contributed by atoms with van der Waals surface area (Å²) in [6.45, 7) is 4.72. The molecule has 0 unspecified atom stereocenters. The first kappa shape index (κ1) is 32.0. The summed E-state index contributed by atoms with van der Waals surface area (Å²) in [6.07, 6.45) is 0. The van der Waals surface area contributed by atoms with Crippen LogP contribution in [0.15, 0.2) is 188 Å². The topological polar surface area (TPSA) is 3.24 Å². The second kappa shape index (κ2) is 12.3. The molecular weight excluding hydrogens is 683 g/mol. The molecule has 10 aromatic rings. The summed E-state index contributed by atoms with van der Waals surface area (Å²) in [5.74, 6) is 0. The zero-order valence-electron chi connectivity index (χ0n) is 30.8. The van der Waals surface area contributed by atoms with E-state index < -0.39 is 0 Å². The van der Waals surface area contributed by atoms with Crippen LogP contribution >= 0.6 is 11.3 Å². The third-order valence-corrected chi connectivity index (χ3v) is 13.0. The quantitative estimate of drug-likeness (QED) is 0.171. The fourth-order valence-corrected chi connectivity index (χ4v) is 10.4. The van der Waals surface area contributed by atoms with Gasteiger partial charge in [0.2, 0.25) is 0 Å². The minimum Gasteiger partial charge on any atom is -0.310 e. The van der Waals surface area contributed by atoms with Gasteiger partial charge in [0.05, 0.1) is 5.69 Å². The third kappa shape index (κ3) is 4.99. The number of benzene rings is 9. The van der Waals surface area contributed by atoms with Crippen molar-refractivity contribution in [2.24, 2.45) is 0 Å². The predicted octanol–water partition coefficient (Wildman–Crippen LogP) is 15.5. The Morgan fingerprint density at radius 2 is 1.11 bits per heavy atom. The van der Waals surface area contributed by atoms with Crippen molar-refractivity contribution in [3.8, 4) is 33.4 Å². The number of anilines is 3. The van der Waals surface area contributed by atoms with Crippen molar-refractivity contribution in [3.05, 3.63) is 199 Å². The number of fused-ring (bicyclic) bond motifs is 9. The second-order valence-corrected chi connectivity index (χ2v) is 16.4. The molecule has 0 atom stereocenters. The molecule has 1 aromatic heterocycles. The van der Waals surface area contributed by atoms with Gasteiger partial charge in [-0.1, -0.05) is 159 Å². The molecule has 0 amide bonds. The minimum absolute atomic E-state index is 0.0995. The summed E-state index contributed by atoms with van der Waals surface area (Å²) in [7, 11) is 0. The molecule has 0 spiro atoms. The Morgan fingerprint density at radius 3 is 2.00 bits per heavy atom. The maximum atomic E-state index is 2.47. The maximum Gasteiger partial charge on any atom is 0.0543 e. The van der Waals surface area contributed by atoms with Crippen LogP contribution in [0.1, 0.15) is 25.0 Å². The molecule has 260 valence electrons. The first-order valence-corrected chi connectivity index (χ1v) is 19.9. The number of rotatable bonds is 5. The van der Waals surface area contributed by atoms with Gasteiger partial charge in [0.25, 0.3) is 0 Å². The molecule has 0 aliphatic heterocycles. The average molecular weight is 720 g/mol. The van der Waals surface area contributed by atoms with Gasteiger partial charge in [-0.3, -0.25) is 0 Å². The van der Waals surface area contributed by atoms with Crippen molar-refractivity contribution in [1.82, 2.24) is 0 Å². The molecule has 0 radical (unpaired) electrons. The van der Waals surface area contributed by atoms with Gasteiger partial charge in [0.1, 0.15) is 0 Å². The van der Waals surface area contributed by atoms with E-state index in [4.69, 9.17) is 0 Å². The molecule has 0 bridgehead atoms. The average Bonchev–Trinajstić information content (AvgIpc) is 3.74. The van der Waals surface area contributed by atoms with E-state index in [1.165, 1.54) is 91.9 Å². The zero-order chi connectivity index (χ0) is 36.7. The van der Waals surface area contributed by atoms with E-state index in [2.05, 4.69) is 207 Å². The van der Waals surface area contributed by atoms with Crippen molar-refractivity contribution in [1.29, 1.82) is 0 Å². The van der Waals surface area contributed by atoms with Crippen molar-refractivity contribution < 1.29 is 0 Å². The lowest BCUT2D eigenvalue weighted by Gasteiger charge is -2.29. The summed E-state index contributed by atoms with van der Waals surface area (Å²) in [5.41, 5.74) is 13.6. The van der Waals surface area contributed by atoms with Crippen molar-refractivity contribution >= 4 is 70.1 Å². The summed E-state index contributed by atoms with van der Waals surface area (Å²) in [6, 6.07) is 69.6. The lowest BCUT2D eigenvalue weighted by atomic mass is 9.82. The van der Waals surface area contributed by atoms with Crippen molar-refractivity contribution in [2.45, 2.75) is 19.3 Å². The van der Waals surface area contributed by atoms with Crippen LogP contribution < -0.4 is 4.90 Å². The third-order valence-electron chi connectivity index (χ3n) is 11.8. The van der Waals surface area contributed by atoms with Gasteiger partial charge in [-0.25, -0.2) is 0 Å². The van der Waals surface area contributed by atoms with Crippen LogP contribution in [-0.2, 0) is 5.41 Å². The van der Waals surface area contributed by atoms with Crippen LogP contribution in [0.3, 0.4) is 0 Å². The van der Waals surface area contributed by atoms with Crippen molar-refractivity contribution in [2.75, 3.05) is 4.90 Å². The van der Waals surface area contributed by atoms with Crippen LogP contribution in [0.5, 0.6) is 0 Å². The molecule has 0 saturated heterocycles. The Morgan fingerprint density at radius 1 is 0.436 bits per heavy atom. The predicted molar refractivity (Wildman–Crippen MR) is 237 cm³/mol. The Balaban J connectivity index is 1.09. The molecule has 1 aliphatic carbocycles. The molecule has 9 aromatic carbocycles. The van der Waals surface area contributed by atoms with Gasteiger partial charge in [-0.2, -0.15) is 0 Å². The number of hydrogen-bond donors (Lipinski definition) is 0. The second-order valence-electron chi connectivity index (χ2n) is 15.3. The van der Waals surface area contributed by atoms with Gasteiger partial charge in [0, 0.05) is 42.5 Å². The van der Waals surface area contributed by atoms with Crippen LogP contribution in [0.4, 0.5) is 17.1 Å². The molecule has 2 heteroatoms. The van der Waals surface area contributed by atoms with E-state index in [0.717, 1.165) is 11.4 Å². The molecule has 0 saturated carbocycles. The molecule has 55 heavy (non-hydrogen) atoms. The van der Waals surface area contributed by atoms with E-state index >= 15 is 0 Å². The molecule has 11 rings (SSSR count). The van der Waals surface area contributed by atoms with Gasteiger partial charge in [0.15, 0.2) is 0 Å². The highest BCUT2D eigenvalue weighted by Crippen LogP contribution is 2.54. The van der Waals surface area contributed by atoms with Crippen LogP contribution in [0.2, 0.25) is 0 Å². The fraction of sp³-hybridized carbons (Fsp3) is 0.0566. The molecule has 1 aliphatic rings. The smallest absolute Gasteiger partial charge is 0.0543 e. The minimum atomic E-state index is -0.0995.